The summed E-state index contributed by atoms with van der Waals surface area (Å²) in [6.45, 7) is 4.07. The first kappa shape index (κ1) is 24.4. The first-order valence-electron chi connectivity index (χ1n) is 10.9. The molecule has 1 aliphatic rings. The van der Waals surface area contributed by atoms with Gasteiger partial charge in [-0.2, -0.15) is 0 Å². The van der Waals surface area contributed by atoms with Crippen molar-refractivity contribution in [3.8, 4) is 22.4 Å². The molecule has 0 radical (unpaired) electrons. The molecule has 1 fully saturated rings. The third kappa shape index (κ3) is 4.23. The number of nitrogens with zero attached hydrogens (tertiary/aromatic N) is 4. The summed E-state index contributed by atoms with van der Waals surface area (Å²) in [5.74, 6) is -1.22. The third-order valence-corrected chi connectivity index (χ3v) is 6.76. The molecule has 0 atom stereocenters. The zero-order chi connectivity index (χ0) is 23.1. The number of hydrogen-bond acceptors (Lipinski definition) is 5. The normalized spacial score (nSPS) is 14.3. The molecule has 5 rings (SSSR count). The Bertz CT molecular complexity index is 1350. The van der Waals surface area contributed by atoms with E-state index in [1.165, 1.54) is 5.69 Å². The van der Waals surface area contributed by atoms with Crippen LogP contribution in [0.15, 0.2) is 60.8 Å². The quantitative estimate of drug-likeness (QED) is 0.414. The molecule has 34 heavy (non-hydrogen) atoms. The van der Waals surface area contributed by atoms with E-state index in [1.807, 2.05) is 17.7 Å². The van der Waals surface area contributed by atoms with Crippen LogP contribution in [0.2, 0.25) is 5.02 Å². The number of aromatic carboxylic acids is 1. The number of fused-ring (bicyclic) bond motifs is 1. The molecule has 0 bridgehead atoms. The van der Waals surface area contributed by atoms with Crippen molar-refractivity contribution >= 4 is 34.3 Å². The van der Waals surface area contributed by atoms with Gasteiger partial charge in [-0.15, -0.1) is 0 Å². The molecule has 2 aromatic heterocycles. The van der Waals surface area contributed by atoms with Crippen molar-refractivity contribution < 1.29 is 28.8 Å². The summed E-state index contributed by atoms with van der Waals surface area (Å²) in [5.41, 5.74) is 5.15. The zero-order valence-electron chi connectivity index (χ0n) is 19.6. The predicted octanol–water partition coefficient (Wildman–Crippen LogP) is 0.680. The summed E-state index contributed by atoms with van der Waals surface area (Å²) in [7, 11) is 4.08. The number of piperazine rings is 1. The summed E-state index contributed by atoms with van der Waals surface area (Å²) in [5, 5.41) is 13.2. The monoisotopic (exact) mass is 466 g/mol. The summed E-state index contributed by atoms with van der Waals surface area (Å²) in [6, 6.07) is 17.0. The predicted molar refractivity (Wildman–Crippen MR) is 131 cm³/mol. The van der Waals surface area contributed by atoms with Crippen LogP contribution < -0.4 is 28.9 Å². The molecule has 8 heteroatoms. The molecule has 1 aliphatic heterocycles. The first-order valence-corrected chi connectivity index (χ1v) is 11.3. The number of halogens is 1. The van der Waals surface area contributed by atoms with Gasteiger partial charge in [0.2, 0.25) is 0 Å². The van der Waals surface area contributed by atoms with Crippen LogP contribution in [0.1, 0.15) is 10.4 Å². The van der Waals surface area contributed by atoms with Crippen molar-refractivity contribution in [3.05, 3.63) is 71.4 Å². The van der Waals surface area contributed by atoms with Crippen LogP contribution >= 0.6 is 11.6 Å². The van der Waals surface area contributed by atoms with E-state index in [0.717, 1.165) is 48.4 Å². The van der Waals surface area contributed by atoms with E-state index in [9.17, 15) is 9.90 Å². The van der Waals surface area contributed by atoms with Gasteiger partial charge in [-0.05, 0) is 36.4 Å². The van der Waals surface area contributed by atoms with Gasteiger partial charge in [-0.3, -0.25) is 0 Å². The summed E-state index contributed by atoms with van der Waals surface area (Å²) in [4.78, 5) is 21.2. The Labute approximate surface area is 215 Å². The second-order valence-electron chi connectivity index (χ2n) is 8.44. The van der Waals surface area contributed by atoms with Crippen LogP contribution in [0.4, 0.5) is 5.69 Å². The summed E-state index contributed by atoms with van der Waals surface area (Å²) >= 11 is 6.63. The Morgan fingerprint density at radius 2 is 1.65 bits per heavy atom. The molecular weight excluding hydrogens is 443 g/mol. The van der Waals surface area contributed by atoms with Gasteiger partial charge in [0, 0.05) is 61.6 Å². The van der Waals surface area contributed by atoms with E-state index in [2.05, 4.69) is 46.1 Å². The fraction of sp³-hybridized carbons (Fsp3) is 0.231. The number of hydrogen-bond donors (Lipinski definition) is 0. The van der Waals surface area contributed by atoms with Crippen molar-refractivity contribution in [2.45, 2.75) is 0 Å². The van der Waals surface area contributed by atoms with Crippen molar-refractivity contribution in [2.75, 3.05) is 38.1 Å². The van der Waals surface area contributed by atoms with Gasteiger partial charge in [0.1, 0.15) is 5.65 Å². The SMILES string of the molecule is CN1CCN(c2ccc(-c3c(-c4ccccc4C(=O)[O-])c4c(Cl)ccnc4n3C)cc2)CC1.[Li+]. The van der Waals surface area contributed by atoms with Crippen molar-refractivity contribution in [1.29, 1.82) is 0 Å². The number of carboxylic acids is 1. The number of benzene rings is 2. The molecule has 0 amide bonds. The van der Waals surface area contributed by atoms with Crippen LogP contribution in [0.25, 0.3) is 33.4 Å². The van der Waals surface area contributed by atoms with E-state index in [0.29, 0.717) is 16.2 Å². The van der Waals surface area contributed by atoms with E-state index >= 15 is 0 Å². The van der Waals surface area contributed by atoms with Gasteiger partial charge >= 0.3 is 18.9 Å². The summed E-state index contributed by atoms with van der Waals surface area (Å²) < 4.78 is 1.98. The van der Waals surface area contributed by atoms with Crippen LogP contribution in [0, 0.1) is 0 Å². The fourth-order valence-corrected chi connectivity index (χ4v) is 4.91. The van der Waals surface area contributed by atoms with Gasteiger partial charge < -0.3 is 24.3 Å². The van der Waals surface area contributed by atoms with Crippen molar-refractivity contribution in [2.24, 2.45) is 7.05 Å². The van der Waals surface area contributed by atoms with Crippen LogP contribution in [0.3, 0.4) is 0 Å². The number of aryl methyl sites for hydroxylation is 1. The largest absolute Gasteiger partial charge is 1.00 e. The third-order valence-electron chi connectivity index (χ3n) is 6.45. The maximum absolute atomic E-state index is 11.9. The molecule has 0 aliphatic carbocycles. The minimum absolute atomic E-state index is 0. The Morgan fingerprint density at radius 3 is 2.32 bits per heavy atom. The van der Waals surface area contributed by atoms with E-state index in [-0.39, 0.29) is 24.4 Å². The van der Waals surface area contributed by atoms with E-state index in [4.69, 9.17) is 11.6 Å². The minimum atomic E-state index is -1.22. The van der Waals surface area contributed by atoms with Gasteiger partial charge in [0.15, 0.2) is 0 Å². The van der Waals surface area contributed by atoms with Crippen molar-refractivity contribution in [1.82, 2.24) is 14.5 Å². The number of likely N-dealkylation sites (N-methyl/N-ethyl adjacent to an activating group) is 1. The van der Waals surface area contributed by atoms with Gasteiger partial charge in [-0.1, -0.05) is 48.0 Å². The standard InChI is InChI=1S/C26H25ClN4O2.Li/c1-29-13-15-31(16-14-29)18-9-7-17(8-10-18)24-22(19-5-3-4-6-20(19)26(32)33)23-21(27)11-12-28-25(23)30(24)2;/h3-12H,13-16H2,1-2H3,(H,32,33);/q;+1/p-1. The number of pyridine rings is 1. The smallest absolute Gasteiger partial charge is 0.545 e. The second kappa shape index (κ2) is 9.85. The Balaban J connectivity index is 0.00000274. The molecule has 0 saturated carbocycles. The summed E-state index contributed by atoms with van der Waals surface area (Å²) in [6.07, 6.45) is 1.67. The fourth-order valence-electron chi connectivity index (χ4n) is 4.68. The average molecular weight is 467 g/mol. The molecule has 4 aromatic rings. The molecule has 0 N–H and O–H groups in total. The van der Waals surface area contributed by atoms with Crippen LogP contribution in [-0.4, -0.2) is 53.6 Å². The van der Waals surface area contributed by atoms with Gasteiger partial charge in [-0.25, -0.2) is 4.98 Å². The second-order valence-corrected chi connectivity index (χ2v) is 8.85. The van der Waals surface area contributed by atoms with Crippen LogP contribution in [0.5, 0.6) is 0 Å². The Hall–Kier alpha value is -2.75. The van der Waals surface area contributed by atoms with Crippen LogP contribution in [-0.2, 0) is 7.05 Å². The Kier molecular flexibility index (Phi) is 7.06. The topological polar surface area (TPSA) is 64.4 Å². The van der Waals surface area contributed by atoms with E-state index in [1.54, 1.807) is 30.5 Å². The maximum atomic E-state index is 11.9. The minimum Gasteiger partial charge on any atom is -0.545 e. The van der Waals surface area contributed by atoms with Gasteiger partial charge in [0.05, 0.1) is 16.7 Å². The molecular formula is C26H24ClLiN4O2. The molecule has 168 valence electrons. The maximum Gasteiger partial charge on any atom is 1.00 e. The molecule has 2 aromatic carbocycles. The molecule has 6 nitrogen and oxygen atoms in total. The Morgan fingerprint density at radius 1 is 0.971 bits per heavy atom. The number of carboxylic acid groups (broad SMARTS) is 1. The number of rotatable bonds is 4. The van der Waals surface area contributed by atoms with E-state index < -0.39 is 5.97 Å². The number of carbonyl (C=O) groups excluding carboxylic acids is 1. The van der Waals surface area contributed by atoms with Gasteiger partial charge in [0.25, 0.3) is 0 Å². The average Bonchev–Trinajstić information content (AvgIpc) is 3.13. The number of aromatic nitrogens is 2. The molecule has 1 saturated heterocycles. The van der Waals surface area contributed by atoms with Crippen molar-refractivity contribution in [3.63, 3.8) is 0 Å². The number of anilines is 1. The zero-order valence-corrected chi connectivity index (χ0v) is 20.3. The number of carbonyl (C=O) groups is 1. The molecule has 3 heterocycles. The first-order chi connectivity index (χ1) is 16.0. The molecule has 0 unspecified atom stereocenters. The molecule has 0 spiro atoms.